The quantitative estimate of drug-likeness (QED) is 0.425. The van der Waals surface area contributed by atoms with Crippen LogP contribution in [0.5, 0.6) is 11.5 Å². The fourth-order valence-corrected chi connectivity index (χ4v) is 1.90. The van der Waals surface area contributed by atoms with E-state index in [-0.39, 0.29) is 6.07 Å². The minimum absolute atomic E-state index is 0.117. The second-order valence-electron chi connectivity index (χ2n) is 4.24. The van der Waals surface area contributed by atoms with Crippen LogP contribution in [0.3, 0.4) is 0 Å². The minimum Gasteiger partial charge on any atom is -0.445 e. The van der Waals surface area contributed by atoms with Crippen LogP contribution < -0.4 is 4.74 Å². The Morgan fingerprint density at radius 3 is 2.30 bits per heavy atom. The molecule has 0 radical (unpaired) electrons. The molecule has 0 amide bonds. The lowest BCUT2D eigenvalue weighted by atomic mass is 10.2. The molecule has 0 aliphatic carbocycles. The molecular weight excluding hydrogens is 349 g/mol. The second-order valence-corrected chi connectivity index (χ2v) is 4.65. The third-order valence-corrected chi connectivity index (χ3v) is 2.94. The van der Waals surface area contributed by atoms with Gasteiger partial charge in [-0.15, -0.1) is 0 Å². The lowest BCUT2D eigenvalue weighted by molar-refractivity contribution is -0.385. The topological polar surface area (TPSA) is 52.4 Å². The second kappa shape index (κ2) is 5.99. The molecule has 0 atom stereocenters. The fourth-order valence-electron chi connectivity index (χ4n) is 1.65. The van der Waals surface area contributed by atoms with Crippen molar-refractivity contribution in [1.29, 1.82) is 0 Å². The van der Waals surface area contributed by atoms with Gasteiger partial charge in [0.05, 0.1) is 15.5 Å². The van der Waals surface area contributed by atoms with Crippen LogP contribution in [0.2, 0.25) is 5.02 Å². The summed E-state index contributed by atoms with van der Waals surface area (Å²) in [6.07, 6.45) is -4.84. The zero-order valence-corrected chi connectivity index (χ0v) is 11.6. The van der Waals surface area contributed by atoms with Gasteiger partial charge in [0, 0.05) is 12.1 Å². The Balaban J connectivity index is 2.50. The summed E-state index contributed by atoms with van der Waals surface area (Å²) < 4.78 is 69.3. The van der Waals surface area contributed by atoms with E-state index >= 15 is 0 Å². The zero-order valence-electron chi connectivity index (χ0n) is 10.8. The fraction of sp³-hybridized carbons (Fsp3) is 0.0769. The van der Waals surface area contributed by atoms with E-state index in [1.54, 1.807) is 0 Å². The van der Waals surface area contributed by atoms with Crippen LogP contribution in [0.15, 0.2) is 30.3 Å². The molecule has 2 aromatic rings. The zero-order chi connectivity index (χ0) is 17.4. The van der Waals surface area contributed by atoms with E-state index in [9.17, 15) is 32.1 Å². The SMILES string of the molecule is O=[N+]([O-])c1ccc(F)cc1Oc1c(F)cc(C(F)(F)F)cc1Cl. The van der Waals surface area contributed by atoms with E-state index in [0.717, 1.165) is 12.1 Å². The van der Waals surface area contributed by atoms with Crippen molar-refractivity contribution in [2.45, 2.75) is 6.18 Å². The third-order valence-electron chi connectivity index (χ3n) is 2.66. The first-order valence-electron chi connectivity index (χ1n) is 5.77. The summed E-state index contributed by atoms with van der Waals surface area (Å²) in [5, 5.41) is 10.0. The van der Waals surface area contributed by atoms with Gasteiger partial charge in [0.25, 0.3) is 0 Å². The van der Waals surface area contributed by atoms with Gasteiger partial charge in [-0.25, -0.2) is 8.78 Å². The molecule has 0 saturated heterocycles. The van der Waals surface area contributed by atoms with Crippen molar-refractivity contribution in [2.75, 3.05) is 0 Å². The van der Waals surface area contributed by atoms with Crippen molar-refractivity contribution in [3.05, 3.63) is 62.7 Å². The first-order valence-corrected chi connectivity index (χ1v) is 6.15. The van der Waals surface area contributed by atoms with Crippen LogP contribution in [0.1, 0.15) is 5.56 Å². The lowest BCUT2D eigenvalue weighted by Gasteiger charge is -2.12. The first-order chi connectivity index (χ1) is 10.6. The average Bonchev–Trinajstić information content (AvgIpc) is 2.41. The summed E-state index contributed by atoms with van der Waals surface area (Å²) in [6.45, 7) is 0. The number of ether oxygens (including phenoxy) is 1. The van der Waals surface area contributed by atoms with Crippen LogP contribution in [0.4, 0.5) is 27.6 Å². The standard InChI is InChI=1S/C13H5ClF5NO3/c14-8-3-6(13(17,18)19)4-9(16)12(8)23-11-5-7(15)1-2-10(11)20(21)22/h1-5H. The van der Waals surface area contributed by atoms with E-state index in [4.69, 9.17) is 16.3 Å². The van der Waals surface area contributed by atoms with Crippen LogP contribution in [0.25, 0.3) is 0 Å². The highest BCUT2D eigenvalue weighted by molar-refractivity contribution is 6.32. The predicted octanol–water partition coefficient (Wildman–Crippen LogP) is 5.34. The maximum absolute atomic E-state index is 13.8. The molecular formula is C13H5ClF5NO3. The maximum Gasteiger partial charge on any atom is 0.416 e. The summed E-state index contributed by atoms with van der Waals surface area (Å²) in [5.74, 6) is -4.00. The number of halogens is 6. The number of rotatable bonds is 3. The molecule has 0 saturated carbocycles. The number of nitrogens with zero attached hydrogens (tertiary/aromatic N) is 1. The largest absolute Gasteiger partial charge is 0.445 e. The molecule has 0 unspecified atom stereocenters. The van der Waals surface area contributed by atoms with Crippen LogP contribution in [-0.4, -0.2) is 4.92 Å². The number of hydrogen-bond donors (Lipinski definition) is 0. The van der Waals surface area contributed by atoms with Crippen molar-refractivity contribution in [3.8, 4) is 11.5 Å². The Morgan fingerprint density at radius 2 is 1.78 bits per heavy atom. The lowest BCUT2D eigenvalue weighted by Crippen LogP contribution is -2.06. The average molecular weight is 354 g/mol. The van der Waals surface area contributed by atoms with Crippen LogP contribution >= 0.6 is 11.6 Å². The Hall–Kier alpha value is -2.42. The molecule has 4 nitrogen and oxygen atoms in total. The van der Waals surface area contributed by atoms with E-state index in [0.29, 0.717) is 12.1 Å². The summed E-state index contributed by atoms with van der Waals surface area (Å²) >= 11 is 5.53. The van der Waals surface area contributed by atoms with Crippen molar-refractivity contribution in [2.24, 2.45) is 0 Å². The summed E-state index contributed by atoms with van der Waals surface area (Å²) in [7, 11) is 0. The van der Waals surface area contributed by atoms with Crippen molar-refractivity contribution in [1.82, 2.24) is 0 Å². The van der Waals surface area contributed by atoms with Crippen LogP contribution in [-0.2, 0) is 6.18 Å². The number of nitro benzene ring substituents is 1. The van der Waals surface area contributed by atoms with Gasteiger partial charge >= 0.3 is 11.9 Å². The smallest absolute Gasteiger partial charge is 0.416 e. The molecule has 0 aliphatic heterocycles. The van der Waals surface area contributed by atoms with E-state index in [1.165, 1.54) is 0 Å². The highest BCUT2D eigenvalue weighted by Crippen LogP contribution is 2.40. The molecule has 0 aliphatic rings. The molecule has 2 rings (SSSR count). The van der Waals surface area contributed by atoms with Gasteiger partial charge in [-0.05, 0) is 18.2 Å². The minimum atomic E-state index is -4.84. The highest BCUT2D eigenvalue weighted by atomic mass is 35.5. The Kier molecular flexibility index (Phi) is 4.42. The van der Waals surface area contributed by atoms with E-state index in [1.807, 2.05) is 0 Å². The molecule has 0 aromatic heterocycles. The van der Waals surface area contributed by atoms with Crippen molar-refractivity contribution < 1.29 is 31.6 Å². The van der Waals surface area contributed by atoms with Gasteiger partial charge in [0.1, 0.15) is 5.82 Å². The molecule has 23 heavy (non-hydrogen) atoms. The van der Waals surface area contributed by atoms with Gasteiger partial charge in [-0.3, -0.25) is 10.1 Å². The summed E-state index contributed by atoms with van der Waals surface area (Å²) in [5.41, 5.74) is -2.07. The number of benzene rings is 2. The van der Waals surface area contributed by atoms with Crippen LogP contribution in [0, 0.1) is 21.7 Å². The van der Waals surface area contributed by atoms with Gasteiger partial charge in [-0.2, -0.15) is 13.2 Å². The van der Waals surface area contributed by atoms with Crippen molar-refractivity contribution in [3.63, 3.8) is 0 Å². The van der Waals surface area contributed by atoms with Gasteiger partial charge < -0.3 is 4.74 Å². The molecule has 0 spiro atoms. The third kappa shape index (κ3) is 3.67. The highest BCUT2D eigenvalue weighted by Gasteiger charge is 2.33. The van der Waals surface area contributed by atoms with E-state index < -0.39 is 50.5 Å². The summed E-state index contributed by atoms with van der Waals surface area (Å²) in [4.78, 5) is 9.88. The first kappa shape index (κ1) is 16.9. The van der Waals surface area contributed by atoms with Gasteiger partial charge in [-0.1, -0.05) is 11.6 Å². The molecule has 0 bridgehead atoms. The molecule has 2 aromatic carbocycles. The molecule has 10 heteroatoms. The predicted molar refractivity (Wildman–Crippen MR) is 69.5 cm³/mol. The maximum atomic E-state index is 13.8. The number of alkyl halides is 3. The molecule has 0 fully saturated rings. The molecule has 122 valence electrons. The number of hydrogen-bond acceptors (Lipinski definition) is 3. The molecule has 0 N–H and O–H groups in total. The normalized spacial score (nSPS) is 11.4. The number of nitro groups is 1. The summed E-state index contributed by atoms with van der Waals surface area (Å²) in [6, 6.07) is 2.64. The Morgan fingerprint density at radius 1 is 1.13 bits per heavy atom. The van der Waals surface area contributed by atoms with E-state index in [2.05, 4.69) is 0 Å². The Bertz CT molecular complexity index is 756. The molecule has 0 heterocycles. The Labute approximate surface area is 130 Å². The van der Waals surface area contributed by atoms with Crippen molar-refractivity contribution >= 4 is 17.3 Å². The van der Waals surface area contributed by atoms with Gasteiger partial charge in [0.2, 0.25) is 5.75 Å². The van der Waals surface area contributed by atoms with Gasteiger partial charge in [0.15, 0.2) is 11.6 Å². The monoisotopic (exact) mass is 353 g/mol.